The van der Waals surface area contributed by atoms with Crippen LogP contribution in [0, 0.1) is 0 Å². The van der Waals surface area contributed by atoms with Gasteiger partial charge < -0.3 is 10.2 Å². The lowest BCUT2D eigenvalue weighted by molar-refractivity contribution is 0.0647. The van der Waals surface area contributed by atoms with Crippen molar-refractivity contribution in [2.24, 2.45) is 0 Å². The molecule has 2 heterocycles. The second kappa shape index (κ2) is 4.47. The first-order valence-electron chi connectivity index (χ1n) is 6.12. The van der Waals surface area contributed by atoms with Crippen LogP contribution in [-0.4, -0.2) is 30.9 Å². The largest absolute Gasteiger partial charge is 0.478 e. The van der Waals surface area contributed by atoms with E-state index in [4.69, 9.17) is 5.11 Å². The molecule has 0 saturated heterocycles. The van der Waals surface area contributed by atoms with Gasteiger partial charge in [0.1, 0.15) is 12.1 Å². The predicted molar refractivity (Wildman–Crippen MR) is 66.6 cm³/mol. The third-order valence-corrected chi connectivity index (χ3v) is 3.24. The molecule has 6 heteroatoms. The molecular formula is C13H13N3O3. The van der Waals surface area contributed by atoms with Gasteiger partial charge in [-0.1, -0.05) is 12.1 Å². The van der Waals surface area contributed by atoms with Gasteiger partial charge in [-0.3, -0.25) is 0 Å². The molecule has 0 bridgehead atoms. The fourth-order valence-electron chi connectivity index (χ4n) is 2.21. The molecule has 1 atom stereocenters. The zero-order valence-electron chi connectivity index (χ0n) is 10.2. The van der Waals surface area contributed by atoms with Crippen molar-refractivity contribution in [2.45, 2.75) is 25.5 Å². The standard InChI is InChI=1S/C13H13N3O3/c17-11-3-1-2-10-14-12(15-16(10)11)8-4-6-9(7-5-8)13(18)19/h4-7,11,17H,1-3H2,(H,18,19). The third kappa shape index (κ3) is 2.10. The average molecular weight is 259 g/mol. The number of aromatic nitrogens is 3. The topological polar surface area (TPSA) is 88.2 Å². The lowest BCUT2D eigenvalue weighted by Gasteiger charge is -2.17. The van der Waals surface area contributed by atoms with Crippen LogP contribution in [0.25, 0.3) is 11.4 Å². The fourth-order valence-corrected chi connectivity index (χ4v) is 2.21. The number of carboxylic acid groups (broad SMARTS) is 1. The number of aryl methyl sites for hydroxylation is 1. The summed E-state index contributed by atoms with van der Waals surface area (Å²) < 4.78 is 1.55. The monoisotopic (exact) mass is 259 g/mol. The van der Waals surface area contributed by atoms with Crippen LogP contribution in [0.2, 0.25) is 0 Å². The number of nitrogens with zero attached hydrogens (tertiary/aromatic N) is 3. The number of rotatable bonds is 2. The number of benzene rings is 1. The van der Waals surface area contributed by atoms with E-state index in [1.807, 2.05) is 0 Å². The van der Waals surface area contributed by atoms with Crippen molar-refractivity contribution in [1.82, 2.24) is 14.8 Å². The molecule has 1 aromatic carbocycles. The molecule has 1 unspecified atom stereocenters. The zero-order chi connectivity index (χ0) is 13.4. The molecule has 0 saturated carbocycles. The highest BCUT2D eigenvalue weighted by atomic mass is 16.4. The Labute approximate surface area is 109 Å². The van der Waals surface area contributed by atoms with Crippen LogP contribution in [0.5, 0.6) is 0 Å². The molecule has 0 spiro atoms. The Morgan fingerprint density at radius 3 is 2.68 bits per heavy atom. The van der Waals surface area contributed by atoms with E-state index < -0.39 is 12.2 Å². The van der Waals surface area contributed by atoms with Crippen LogP contribution in [0.4, 0.5) is 0 Å². The van der Waals surface area contributed by atoms with Crippen LogP contribution < -0.4 is 0 Å². The maximum atomic E-state index is 10.8. The van der Waals surface area contributed by atoms with Crippen LogP contribution in [0.1, 0.15) is 35.3 Å². The van der Waals surface area contributed by atoms with Crippen LogP contribution >= 0.6 is 0 Å². The Hall–Kier alpha value is -2.21. The molecule has 0 aliphatic carbocycles. The zero-order valence-corrected chi connectivity index (χ0v) is 10.2. The van der Waals surface area contributed by atoms with Crippen LogP contribution in [0.3, 0.4) is 0 Å². The van der Waals surface area contributed by atoms with E-state index in [-0.39, 0.29) is 5.56 Å². The summed E-state index contributed by atoms with van der Waals surface area (Å²) in [5, 5.41) is 23.0. The van der Waals surface area contributed by atoms with E-state index in [0.717, 1.165) is 24.2 Å². The van der Waals surface area contributed by atoms with Gasteiger partial charge in [0.15, 0.2) is 5.82 Å². The van der Waals surface area contributed by atoms with Gasteiger partial charge in [0.2, 0.25) is 0 Å². The minimum absolute atomic E-state index is 0.229. The number of aromatic carboxylic acids is 1. The molecule has 0 fully saturated rings. The first-order valence-corrected chi connectivity index (χ1v) is 6.12. The fraction of sp³-hybridized carbons (Fsp3) is 0.308. The molecule has 1 aromatic heterocycles. The maximum absolute atomic E-state index is 10.8. The number of hydrogen-bond acceptors (Lipinski definition) is 4. The van der Waals surface area contributed by atoms with Crippen molar-refractivity contribution in [3.8, 4) is 11.4 Å². The van der Waals surface area contributed by atoms with Gasteiger partial charge in [-0.2, -0.15) is 0 Å². The van der Waals surface area contributed by atoms with Gasteiger partial charge in [0.25, 0.3) is 0 Å². The van der Waals surface area contributed by atoms with Crippen LogP contribution in [-0.2, 0) is 6.42 Å². The highest BCUT2D eigenvalue weighted by molar-refractivity contribution is 5.88. The van der Waals surface area contributed by atoms with Crippen molar-refractivity contribution in [3.05, 3.63) is 35.7 Å². The first kappa shape index (κ1) is 11.9. The van der Waals surface area contributed by atoms with Gasteiger partial charge in [-0.15, -0.1) is 5.10 Å². The van der Waals surface area contributed by atoms with Gasteiger partial charge in [0, 0.05) is 12.0 Å². The smallest absolute Gasteiger partial charge is 0.335 e. The minimum atomic E-state index is -0.959. The lowest BCUT2D eigenvalue weighted by Crippen LogP contribution is -2.18. The Balaban J connectivity index is 1.96. The number of aliphatic hydroxyl groups is 1. The Kier molecular flexibility index (Phi) is 2.79. The Bertz CT molecular complexity index is 619. The SMILES string of the molecule is O=C(O)c1ccc(-c2nc3n(n2)C(O)CCC3)cc1. The molecular weight excluding hydrogens is 246 g/mol. The van der Waals surface area contributed by atoms with Gasteiger partial charge in [-0.25, -0.2) is 14.5 Å². The summed E-state index contributed by atoms with van der Waals surface area (Å²) in [6.07, 6.45) is 1.78. The van der Waals surface area contributed by atoms with E-state index in [1.54, 1.807) is 16.8 Å². The van der Waals surface area contributed by atoms with E-state index >= 15 is 0 Å². The molecule has 2 aromatic rings. The lowest BCUT2D eigenvalue weighted by atomic mass is 10.1. The summed E-state index contributed by atoms with van der Waals surface area (Å²) in [6.45, 7) is 0. The maximum Gasteiger partial charge on any atom is 0.335 e. The van der Waals surface area contributed by atoms with Crippen molar-refractivity contribution >= 4 is 5.97 Å². The average Bonchev–Trinajstić information content (AvgIpc) is 2.84. The van der Waals surface area contributed by atoms with Gasteiger partial charge >= 0.3 is 5.97 Å². The third-order valence-electron chi connectivity index (χ3n) is 3.24. The minimum Gasteiger partial charge on any atom is -0.478 e. The molecule has 1 aliphatic rings. The van der Waals surface area contributed by atoms with E-state index in [0.29, 0.717) is 12.2 Å². The van der Waals surface area contributed by atoms with Crippen molar-refractivity contribution < 1.29 is 15.0 Å². The molecule has 3 rings (SSSR count). The summed E-state index contributed by atoms with van der Waals surface area (Å²) in [6, 6.07) is 6.40. The highest BCUT2D eigenvalue weighted by Gasteiger charge is 2.21. The van der Waals surface area contributed by atoms with E-state index in [2.05, 4.69) is 10.1 Å². The highest BCUT2D eigenvalue weighted by Crippen LogP contribution is 2.24. The summed E-state index contributed by atoms with van der Waals surface area (Å²) in [5.74, 6) is 0.336. The number of carboxylic acids is 1. The number of aliphatic hydroxyl groups excluding tert-OH is 1. The summed E-state index contributed by atoms with van der Waals surface area (Å²) in [5.41, 5.74) is 0.979. The number of carbonyl (C=O) groups is 1. The number of hydrogen-bond donors (Lipinski definition) is 2. The van der Waals surface area contributed by atoms with Crippen LogP contribution in [0.15, 0.2) is 24.3 Å². The van der Waals surface area contributed by atoms with Gasteiger partial charge in [0.05, 0.1) is 5.56 Å². The Morgan fingerprint density at radius 2 is 2.05 bits per heavy atom. The second-order valence-electron chi connectivity index (χ2n) is 4.55. The second-order valence-corrected chi connectivity index (χ2v) is 4.55. The van der Waals surface area contributed by atoms with E-state index in [9.17, 15) is 9.90 Å². The van der Waals surface area contributed by atoms with E-state index in [1.165, 1.54) is 12.1 Å². The van der Waals surface area contributed by atoms with Crippen molar-refractivity contribution in [2.75, 3.05) is 0 Å². The molecule has 1 aliphatic heterocycles. The van der Waals surface area contributed by atoms with Gasteiger partial charge in [-0.05, 0) is 25.0 Å². The number of fused-ring (bicyclic) bond motifs is 1. The molecule has 0 amide bonds. The molecule has 98 valence electrons. The van der Waals surface area contributed by atoms with Crippen molar-refractivity contribution in [1.29, 1.82) is 0 Å². The first-order chi connectivity index (χ1) is 9.15. The normalized spacial score (nSPS) is 18.1. The molecule has 0 radical (unpaired) electrons. The summed E-state index contributed by atoms with van der Waals surface area (Å²) in [4.78, 5) is 15.2. The van der Waals surface area contributed by atoms with Crippen molar-refractivity contribution in [3.63, 3.8) is 0 Å². The summed E-state index contributed by atoms with van der Waals surface area (Å²) in [7, 11) is 0. The molecule has 2 N–H and O–H groups in total. The predicted octanol–water partition coefficient (Wildman–Crippen LogP) is 1.47. The molecule has 6 nitrogen and oxygen atoms in total. The summed E-state index contributed by atoms with van der Waals surface area (Å²) >= 11 is 0. The molecule has 19 heavy (non-hydrogen) atoms. The Morgan fingerprint density at radius 1 is 1.32 bits per heavy atom. The quantitative estimate of drug-likeness (QED) is 0.852.